The highest BCUT2D eigenvalue weighted by Gasteiger charge is 1.96. The first-order valence-electron chi connectivity index (χ1n) is 2.70. The third-order valence-corrected chi connectivity index (χ3v) is 1.16. The zero-order valence-electron chi connectivity index (χ0n) is 4.96. The molecule has 3 nitrogen and oxygen atoms in total. The highest BCUT2D eigenvalue weighted by molar-refractivity contribution is 5.42. The second kappa shape index (κ2) is 2.46. The number of aliphatic hydroxyl groups excluding tert-OH is 1. The molecular weight excluding hydrogens is 116 g/mol. The van der Waals surface area contributed by atoms with Crippen molar-refractivity contribution < 1.29 is 10.1 Å². The molecule has 0 amide bonds. The van der Waals surface area contributed by atoms with Crippen LogP contribution in [0.2, 0.25) is 0 Å². The number of nitrogens with two attached hydrogens (primary N) is 1. The van der Waals surface area contributed by atoms with E-state index in [0.717, 1.165) is 5.56 Å². The molecule has 0 radical (unpaired) electrons. The second-order valence-corrected chi connectivity index (χ2v) is 1.78. The molecule has 0 spiro atoms. The van der Waals surface area contributed by atoms with Crippen molar-refractivity contribution in [1.29, 1.82) is 0 Å². The standard InChI is InChI=1S/C6H8N2O/c7-6-1-2-8-3-5(6)4-9/h1-3,9H,4H2,(H2,7,8)/p+1. The average Bonchev–Trinajstić information content (AvgIpc) is 1.89. The predicted octanol–water partition coefficient (Wildman–Crippen LogP) is -0.425. The van der Waals surface area contributed by atoms with Crippen molar-refractivity contribution in [2.45, 2.75) is 6.61 Å². The summed E-state index contributed by atoms with van der Waals surface area (Å²) in [5, 5.41) is 8.62. The molecule has 0 aliphatic carbocycles. The Balaban J connectivity index is 3.01. The van der Waals surface area contributed by atoms with Crippen LogP contribution in [-0.2, 0) is 6.61 Å². The van der Waals surface area contributed by atoms with Gasteiger partial charge in [0, 0.05) is 11.8 Å². The molecule has 48 valence electrons. The number of hydrogen-bond acceptors (Lipinski definition) is 2. The van der Waals surface area contributed by atoms with Gasteiger partial charge in [-0.3, -0.25) is 0 Å². The van der Waals surface area contributed by atoms with E-state index in [-0.39, 0.29) is 6.61 Å². The molecule has 1 aromatic heterocycles. The third kappa shape index (κ3) is 1.17. The SMILES string of the molecule is Nc1cc[nH+]cc1CO. The smallest absolute Gasteiger partial charge is 0.174 e. The number of H-pyrrole nitrogens is 1. The quantitative estimate of drug-likeness (QED) is 0.535. The molecule has 1 rings (SSSR count). The Kier molecular flexibility index (Phi) is 1.65. The maximum absolute atomic E-state index is 8.62. The van der Waals surface area contributed by atoms with Gasteiger partial charge in [-0.1, -0.05) is 0 Å². The fourth-order valence-electron chi connectivity index (χ4n) is 0.614. The van der Waals surface area contributed by atoms with E-state index in [9.17, 15) is 0 Å². The lowest BCUT2D eigenvalue weighted by atomic mass is 10.2. The van der Waals surface area contributed by atoms with E-state index in [1.54, 1.807) is 18.5 Å². The Morgan fingerprint density at radius 1 is 1.67 bits per heavy atom. The third-order valence-electron chi connectivity index (χ3n) is 1.16. The van der Waals surface area contributed by atoms with Crippen LogP contribution in [0, 0.1) is 0 Å². The minimum atomic E-state index is -0.0107. The van der Waals surface area contributed by atoms with Crippen molar-refractivity contribution in [3.8, 4) is 0 Å². The Morgan fingerprint density at radius 3 is 2.89 bits per heavy atom. The molecule has 0 bridgehead atoms. The van der Waals surface area contributed by atoms with Crippen LogP contribution in [0.15, 0.2) is 18.5 Å². The lowest BCUT2D eigenvalue weighted by molar-refractivity contribution is -0.378. The number of anilines is 1. The number of pyridine rings is 1. The average molecular weight is 125 g/mol. The van der Waals surface area contributed by atoms with Crippen molar-refractivity contribution in [2.24, 2.45) is 0 Å². The van der Waals surface area contributed by atoms with Crippen LogP contribution in [0.3, 0.4) is 0 Å². The lowest BCUT2D eigenvalue weighted by Gasteiger charge is -1.93. The van der Waals surface area contributed by atoms with Gasteiger partial charge in [0.05, 0.1) is 12.2 Å². The minimum Gasteiger partial charge on any atom is -0.398 e. The molecule has 0 aliphatic heterocycles. The van der Waals surface area contributed by atoms with Gasteiger partial charge in [-0.2, -0.15) is 0 Å². The summed E-state index contributed by atoms with van der Waals surface area (Å²) >= 11 is 0. The number of rotatable bonds is 1. The molecule has 1 heterocycles. The summed E-state index contributed by atoms with van der Waals surface area (Å²) < 4.78 is 0. The van der Waals surface area contributed by atoms with Crippen molar-refractivity contribution in [3.05, 3.63) is 24.0 Å². The largest absolute Gasteiger partial charge is 0.398 e. The number of aromatic nitrogens is 1. The van der Waals surface area contributed by atoms with Gasteiger partial charge < -0.3 is 10.8 Å². The molecule has 0 saturated carbocycles. The Bertz CT molecular complexity index is 200. The van der Waals surface area contributed by atoms with Gasteiger partial charge in [0.1, 0.15) is 0 Å². The normalized spacial score (nSPS) is 9.44. The summed E-state index contributed by atoms with van der Waals surface area (Å²) in [7, 11) is 0. The van der Waals surface area contributed by atoms with E-state index in [4.69, 9.17) is 10.8 Å². The highest BCUT2D eigenvalue weighted by atomic mass is 16.3. The van der Waals surface area contributed by atoms with Crippen LogP contribution in [0.25, 0.3) is 0 Å². The maximum atomic E-state index is 8.62. The summed E-state index contributed by atoms with van der Waals surface area (Å²) in [5.41, 5.74) is 6.81. The zero-order chi connectivity index (χ0) is 6.69. The molecule has 4 N–H and O–H groups in total. The summed E-state index contributed by atoms with van der Waals surface area (Å²) in [6.07, 6.45) is 3.39. The minimum absolute atomic E-state index is 0.0107. The first-order chi connectivity index (χ1) is 4.34. The van der Waals surface area contributed by atoms with E-state index in [2.05, 4.69) is 4.98 Å². The molecule has 9 heavy (non-hydrogen) atoms. The highest BCUT2D eigenvalue weighted by Crippen LogP contribution is 2.04. The van der Waals surface area contributed by atoms with Gasteiger partial charge in [-0.15, -0.1) is 0 Å². The molecular formula is C6H9N2O+. The van der Waals surface area contributed by atoms with Crippen molar-refractivity contribution >= 4 is 5.69 Å². The molecule has 0 fully saturated rings. The molecule has 0 atom stereocenters. The van der Waals surface area contributed by atoms with Crippen LogP contribution < -0.4 is 10.7 Å². The molecule has 1 aromatic rings. The summed E-state index contributed by atoms with van der Waals surface area (Å²) in [6, 6.07) is 1.71. The van der Waals surface area contributed by atoms with Crippen LogP contribution in [0.5, 0.6) is 0 Å². The van der Waals surface area contributed by atoms with Crippen molar-refractivity contribution in [1.82, 2.24) is 0 Å². The monoisotopic (exact) mass is 125 g/mol. The zero-order valence-corrected chi connectivity index (χ0v) is 4.96. The lowest BCUT2D eigenvalue weighted by Crippen LogP contribution is -2.04. The van der Waals surface area contributed by atoms with Gasteiger partial charge in [-0.25, -0.2) is 4.98 Å². The van der Waals surface area contributed by atoms with Gasteiger partial charge in [0.15, 0.2) is 12.4 Å². The predicted molar refractivity (Wildman–Crippen MR) is 33.3 cm³/mol. The molecule has 3 heteroatoms. The van der Waals surface area contributed by atoms with Crippen molar-refractivity contribution in [3.63, 3.8) is 0 Å². The Morgan fingerprint density at radius 2 is 2.44 bits per heavy atom. The molecule has 0 saturated heterocycles. The van der Waals surface area contributed by atoms with E-state index < -0.39 is 0 Å². The Labute approximate surface area is 53.2 Å². The van der Waals surface area contributed by atoms with Crippen LogP contribution >= 0.6 is 0 Å². The van der Waals surface area contributed by atoms with Crippen LogP contribution in [0.1, 0.15) is 5.56 Å². The van der Waals surface area contributed by atoms with E-state index in [1.165, 1.54) is 0 Å². The number of nitrogen functional groups attached to an aromatic ring is 1. The van der Waals surface area contributed by atoms with E-state index in [0.29, 0.717) is 5.69 Å². The van der Waals surface area contributed by atoms with Gasteiger partial charge in [0.2, 0.25) is 0 Å². The number of aliphatic hydroxyl groups is 1. The van der Waals surface area contributed by atoms with Crippen LogP contribution in [0.4, 0.5) is 5.69 Å². The van der Waals surface area contributed by atoms with Crippen LogP contribution in [-0.4, -0.2) is 5.11 Å². The number of hydrogen-bond donors (Lipinski definition) is 2. The molecule has 0 aromatic carbocycles. The van der Waals surface area contributed by atoms with Gasteiger partial charge >= 0.3 is 0 Å². The number of aromatic amines is 1. The van der Waals surface area contributed by atoms with E-state index in [1.807, 2.05) is 0 Å². The van der Waals surface area contributed by atoms with E-state index >= 15 is 0 Å². The summed E-state index contributed by atoms with van der Waals surface area (Å²) in [5.74, 6) is 0. The first-order valence-corrected chi connectivity index (χ1v) is 2.70. The maximum Gasteiger partial charge on any atom is 0.174 e. The molecule has 0 aliphatic rings. The van der Waals surface area contributed by atoms with Crippen molar-refractivity contribution in [2.75, 3.05) is 5.73 Å². The molecule has 0 unspecified atom stereocenters. The first kappa shape index (κ1) is 6.04. The fourth-order valence-corrected chi connectivity index (χ4v) is 0.614. The fraction of sp³-hybridized carbons (Fsp3) is 0.167. The second-order valence-electron chi connectivity index (χ2n) is 1.78. The van der Waals surface area contributed by atoms with Gasteiger partial charge in [-0.05, 0) is 0 Å². The summed E-state index contributed by atoms with van der Waals surface area (Å²) in [6.45, 7) is -0.0107. The summed E-state index contributed by atoms with van der Waals surface area (Å²) in [4.78, 5) is 2.81. The number of nitrogens with one attached hydrogen (secondary N) is 1. The topological polar surface area (TPSA) is 60.4 Å². The Hall–Kier alpha value is -1.09. The van der Waals surface area contributed by atoms with Gasteiger partial charge in [0.25, 0.3) is 0 Å².